The van der Waals surface area contributed by atoms with Gasteiger partial charge in [-0.2, -0.15) is 0 Å². The molecule has 0 atom stereocenters. The minimum Gasteiger partial charge on any atom is -0.244 e. The molecule has 190 valence electrons. The molecule has 2 aromatic heterocycles. The van der Waals surface area contributed by atoms with Gasteiger partial charge in [0.15, 0.2) is 0 Å². The van der Waals surface area contributed by atoms with Crippen LogP contribution in [-0.2, 0) is 0 Å². The summed E-state index contributed by atoms with van der Waals surface area (Å²) < 4.78 is 2.69. The van der Waals surface area contributed by atoms with Crippen LogP contribution in [-0.4, -0.2) is 9.97 Å². The summed E-state index contributed by atoms with van der Waals surface area (Å²) in [5.74, 6) is 0. The van der Waals surface area contributed by atoms with Crippen molar-refractivity contribution in [3.63, 3.8) is 0 Å². The maximum absolute atomic E-state index is 5.15. The number of hydrogen-bond acceptors (Lipinski definition) is 3. The first-order chi connectivity index (χ1) is 20.3. The summed E-state index contributed by atoms with van der Waals surface area (Å²) in [6.45, 7) is 0. The van der Waals surface area contributed by atoms with Crippen LogP contribution < -0.4 is 0 Å². The van der Waals surface area contributed by atoms with Crippen molar-refractivity contribution in [3.05, 3.63) is 133 Å². The topological polar surface area (TPSA) is 25.8 Å². The molecule has 41 heavy (non-hydrogen) atoms. The van der Waals surface area contributed by atoms with Crippen LogP contribution in [0.1, 0.15) is 0 Å². The summed E-state index contributed by atoms with van der Waals surface area (Å²) in [7, 11) is 0. The molecule has 0 bridgehead atoms. The number of benzene rings is 7. The number of rotatable bonds is 2. The summed E-state index contributed by atoms with van der Waals surface area (Å²) in [4.78, 5) is 10.2. The zero-order valence-electron chi connectivity index (χ0n) is 22.0. The van der Waals surface area contributed by atoms with Crippen LogP contribution in [0.2, 0.25) is 0 Å². The van der Waals surface area contributed by atoms with E-state index in [9.17, 15) is 0 Å². The smallest absolute Gasteiger partial charge is 0.0973 e. The van der Waals surface area contributed by atoms with E-state index >= 15 is 0 Å². The van der Waals surface area contributed by atoms with Crippen molar-refractivity contribution in [1.29, 1.82) is 0 Å². The minimum atomic E-state index is 0.902. The molecule has 0 radical (unpaired) electrons. The molecule has 9 aromatic rings. The highest BCUT2D eigenvalue weighted by Gasteiger charge is 2.16. The van der Waals surface area contributed by atoms with Crippen molar-refractivity contribution < 1.29 is 0 Å². The van der Waals surface area contributed by atoms with Gasteiger partial charge in [-0.15, -0.1) is 11.3 Å². The van der Waals surface area contributed by atoms with Crippen molar-refractivity contribution in [3.8, 4) is 22.5 Å². The third-order valence-electron chi connectivity index (χ3n) is 8.21. The number of hydrogen-bond donors (Lipinski definition) is 0. The first kappa shape index (κ1) is 22.7. The second-order valence-corrected chi connectivity index (χ2v) is 11.6. The Balaban J connectivity index is 1.35. The van der Waals surface area contributed by atoms with Gasteiger partial charge < -0.3 is 0 Å². The highest BCUT2D eigenvalue weighted by Crippen LogP contribution is 2.43. The van der Waals surface area contributed by atoms with Gasteiger partial charge in [0.1, 0.15) is 0 Å². The molecule has 3 heteroatoms. The van der Waals surface area contributed by atoms with E-state index < -0.39 is 0 Å². The van der Waals surface area contributed by atoms with Gasteiger partial charge in [0.25, 0.3) is 0 Å². The van der Waals surface area contributed by atoms with Crippen LogP contribution in [0.4, 0.5) is 0 Å². The molecule has 0 aliphatic rings. The van der Waals surface area contributed by atoms with Crippen LogP contribution in [0, 0.1) is 0 Å². The summed E-state index contributed by atoms with van der Waals surface area (Å²) in [6, 6.07) is 47.6. The van der Waals surface area contributed by atoms with E-state index in [2.05, 4.69) is 103 Å². The van der Waals surface area contributed by atoms with E-state index in [-0.39, 0.29) is 0 Å². The molecule has 0 amide bonds. The maximum Gasteiger partial charge on any atom is 0.0973 e. The lowest BCUT2D eigenvalue weighted by Crippen LogP contribution is -1.95. The van der Waals surface area contributed by atoms with E-state index in [0.717, 1.165) is 33.5 Å². The van der Waals surface area contributed by atoms with Crippen LogP contribution in [0.3, 0.4) is 0 Å². The predicted molar refractivity (Wildman–Crippen MR) is 176 cm³/mol. The number of aromatic nitrogens is 2. The van der Waals surface area contributed by atoms with Crippen LogP contribution >= 0.6 is 11.3 Å². The second kappa shape index (κ2) is 8.69. The Morgan fingerprint density at radius 2 is 1.02 bits per heavy atom. The Bertz CT molecular complexity index is 2470. The monoisotopic (exact) mass is 538 g/mol. The van der Waals surface area contributed by atoms with Crippen LogP contribution in [0.5, 0.6) is 0 Å². The average Bonchev–Trinajstić information content (AvgIpc) is 3.43. The fourth-order valence-corrected chi connectivity index (χ4v) is 7.56. The third kappa shape index (κ3) is 3.43. The number of thiophene rings is 1. The molecule has 0 fully saturated rings. The molecule has 0 unspecified atom stereocenters. The van der Waals surface area contributed by atoms with Gasteiger partial charge in [0.05, 0.1) is 22.4 Å². The largest absolute Gasteiger partial charge is 0.244 e. The van der Waals surface area contributed by atoms with E-state index in [0.29, 0.717) is 0 Å². The van der Waals surface area contributed by atoms with Gasteiger partial charge in [0, 0.05) is 36.7 Å². The van der Waals surface area contributed by atoms with Gasteiger partial charge in [0.2, 0.25) is 0 Å². The highest BCUT2D eigenvalue weighted by atomic mass is 32.1. The highest BCUT2D eigenvalue weighted by molar-refractivity contribution is 7.26. The quantitative estimate of drug-likeness (QED) is 0.205. The van der Waals surface area contributed by atoms with Gasteiger partial charge >= 0.3 is 0 Å². The molecule has 0 aliphatic heterocycles. The van der Waals surface area contributed by atoms with Gasteiger partial charge in [-0.25, -0.2) is 9.97 Å². The SMILES string of the molecule is c1ccc(-c2nc3ccccc3nc2-c2ccc3c(ccc4ccc5ccc6c7ccccc7sc6c5c43)c2)cc1. The van der Waals surface area contributed by atoms with Crippen molar-refractivity contribution in [2.45, 2.75) is 0 Å². The number of nitrogens with zero attached hydrogens (tertiary/aromatic N) is 2. The molecule has 0 saturated carbocycles. The van der Waals surface area contributed by atoms with Gasteiger partial charge in [-0.1, -0.05) is 109 Å². The van der Waals surface area contributed by atoms with E-state index in [1.807, 2.05) is 41.7 Å². The van der Waals surface area contributed by atoms with Crippen molar-refractivity contribution >= 4 is 74.9 Å². The zero-order valence-corrected chi connectivity index (χ0v) is 22.8. The maximum atomic E-state index is 5.15. The molecule has 0 spiro atoms. The third-order valence-corrected chi connectivity index (χ3v) is 9.42. The van der Waals surface area contributed by atoms with E-state index in [4.69, 9.17) is 9.97 Å². The number of para-hydroxylation sites is 2. The van der Waals surface area contributed by atoms with Gasteiger partial charge in [-0.05, 0) is 51.2 Å². The fourth-order valence-electron chi connectivity index (χ4n) is 6.29. The minimum absolute atomic E-state index is 0.902. The average molecular weight is 539 g/mol. The Morgan fingerprint density at radius 3 is 1.83 bits per heavy atom. The standard InChI is InChI=1S/C38H22N2S/c1-2-8-25(9-3-1)36-37(40-32-12-6-5-11-31(32)39-36)27-19-20-28-26(22-27)17-16-23-14-15-24-18-21-30-29-10-4-7-13-33(29)41-38(30)35(24)34(23)28/h1-22H. The fraction of sp³-hybridized carbons (Fsp3) is 0. The Morgan fingerprint density at radius 1 is 0.415 bits per heavy atom. The van der Waals surface area contributed by atoms with E-state index in [1.165, 1.54) is 52.5 Å². The van der Waals surface area contributed by atoms with Crippen molar-refractivity contribution in [2.75, 3.05) is 0 Å². The Labute approximate surface area is 240 Å². The molecule has 9 rings (SSSR count). The first-order valence-electron chi connectivity index (χ1n) is 13.8. The predicted octanol–water partition coefficient (Wildman–Crippen LogP) is 10.8. The first-order valence-corrected chi connectivity index (χ1v) is 14.7. The normalized spacial score (nSPS) is 11.9. The molecular formula is C38H22N2S. The molecule has 7 aromatic carbocycles. The molecule has 0 N–H and O–H groups in total. The van der Waals surface area contributed by atoms with Crippen LogP contribution in [0.25, 0.3) is 86.0 Å². The lowest BCUT2D eigenvalue weighted by molar-refractivity contribution is 1.29. The van der Waals surface area contributed by atoms with Crippen LogP contribution in [0.15, 0.2) is 133 Å². The lowest BCUT2D eigenvalue weighted by Gasteiger charge is -2.13. The summed E-state index contributed by atoms with van der Waals surface area (Å²) in [5, 5.41) is 10.3. The van der Waals surface area contributed by atoms with Crippen molar-refractivity contribution in [1.82, 2.24) is 9.97 Å². The number of fused-ring (bicyclic) bond motifs is 10. The molecule has 0 saturated heterocycles. The lowest BCUT2D eigenvalue weighted by atomic mass is 9.93. The van der Waals surface area contributed by atoms with Gasteiger partial charge in [-0.3, -0.25) is 0 Å². The molecular weight excluding hydrogens is 516 g/mol. The second-order valence-electron chi connectivity index (χ2n) is 10.6. The Kier molecular flexibility index (Phi) is 4.80. The summed E-state index contributed by atoms with van der Waals surface area (Å²) in [5.41, 5.74) is 5.75. The summed E-state index contributed by atoms with van der Waals surface area (Å²) >= 11 is 1.90. The summed E-state index contributed by atoms with van der Waals surface area (Å²) in [6.07, 6.45) is 0. The zero-order chi connectivity index (χ0) is 26.9. The molecule has 2 heterocycles. The van der Waals surface area contributed by atoms with E-state index in [1.54, 1.807) is 0 Å². The van der Waals surface area contributed by atoms with Crippen molar-refractivity contribution in [2.24, 2.45) is 0 Å². The molecule has 2 nitrogen and oxygen atoms in total. The Hall–Kier alpha value is -5.12. The molecule has 0 aliphatic carbocycles.